The number of benzene rings is 5. The molecule has 252 valence electrons. The molecular formula is C44H49N2O3+. The topological polar surface area (TPSA) is 63.9 Å². The molecule has 49 heavy (non-hydrogen) atoms. The largest absolute Gasteiger partial charge is 0.507 e. The maximum absolute atomic E-state index is 12.8. The Hall–Kier alpha value is -4.26. The lowest BCUT2D eigenvalue weighted by atomic mass is 9.78. The number of aryl methyl sites for hydroxylation is 1. The number of likely N-dealkylation sites (N-methyl/N-ethyl adjacent to an activating group) is 1. The van der Waals surface area contributed by atoms with Crippen LogP contribution in [0.4, 0.5) is 0 Å². The molecule has 0 saturated carbocycles. The van der Waals surface area contributed by atoms with Crippen LogP contribution in [0.1, 0.15) is 64.6 Å². The molecule has 5 aromatic rings. The molecule has 2 aliphatic heterocycles. The molecule has 2 heterocycles. The van der Waals surface area contributed by atoms with Crippen molar-refractivity contribution in [3.05, 3.63) is 172 Å². The van der Waals surface area contributed by atoms with Gasteiger partial charge in [0.25, 0.3) is 0 Å². The SMILES string of the molecule is Cc1cc(CN2CCCC2C(O)(c2ccccc2)c2ccccc2)c(O)c(C[N@+]2(C)CCCC2C(O)(c2ccccc2)c2ccccc2)c1. The summed E-state index contributed by atoms with van der Waals surface area (Å²) < 4.78 is 0.616. The first-order valence-corrected chi connectivity index (χ1v) is 17.8. The third-order valence-electron chi connectivity index (χ3n) is 11.4. The number of phenols is 1. The van der Waals surface area contributed by atoms with Gasteiger partial charge >= 0.3 is 0 Å². The number of rotatable bonds is 10. The van der Waals surface area contributed by atoms with E-state index in [-0.39, 0.29) is 12.1 Å². The molecule has 3 atom stereocenters. The molecule has 7 rings (SSSR count). The molecule has 2 saturated heterocycles. The van der Waals surface area contributed by atoms with E-state index < -0.39 is 11.2 Å². The summed E-state index contributed by atoms with van der Waals surface area (Å²) in [6, 6.07) is 44.2. The summed E-state index contributed by atoms with van der Waals surface area (Å²) in [5.74, 6) is 0.326. The fourth-order valence-electron chi connectivity index (χ4n) is 9.11. The van der Waals surface area contributed by atoms with Gasteiger partial charge in [0.1, 0.15) is 23.9 Å². The summed E-state index contributed by atoms with van der Waals surface area (Å²) in [5.41, 5.74) is 4.08. The van der Waals surface area contributed by atoms with Crippen LogP contribution >= 0.6 is 0 Å². The van der Waals surface area contributed by atoms with E-state index in [1.54, 1.807) is 0 Å². The molecule has 2 fully saturated rings. The van der Waals surface area contributed by atoms with Gasteiger partial charge in [-0.25, -0.2) is 0 Å². The average molecular weight is 654 g/mol. The van der Waals surface area contributed by atoms with Crippen molar-refractivity contribution in [2.24, 2.45) is 0 Å². The van der Waals surface area contributed by atoms with E-state index in [1.165, 1.54) is 0 Å². The van der Waals surface area contributed by atoms with E-state index in [0.29, 0.717) is 23.3 Å². The molecular weight excluding hydrogens is 604 g/mol. The number of aliphatic hydroxyl groups is 2. The first kappa shape index (κ1) is 33.2. The highest BCUT2D eigenvalue weighted by Gasteiger charge is 2.53. The lowest BCUT2D eigenvalue weighted by Gasteiger charge is -2.45. The van der Waals surface area contributed by atoms with Gasteiger partial charge in [-0.1, -0.05) is 133 Å². The second kappa shape index (κ2) is 13.6. The molecule has 3 N–H and O–H groups in total. The first-order valence-electron chi connectivity index (χ1n) is 17.8. The molecule has 0 aliphatic carbocycles. The first-order chi connectivity index (χ1) is 23.7. The second-order valence-corrected chi connectivity index (χ2v) is 14.6. The number of hydrogen-bond donors (Lipinski definition) is 3. The predicted octanol–water partition coefficient (Wildman–Crippen LogP) is 7.65. The molecule has 5 nitrogen and oxygen atoms in total. The van der Waals surface area contributed by atoms with Gasteiger partial charge in [0, 0.05) is 36.6 Å². The molecule has 0 bridgehead atoms. The van der Waals surface area contributed by atoms with E-state index in [1.807, 2.05) is 121 Å². The minimum absolute atomic E-state index is 0.102. The van der Waals surface area contributed by atoms with Gasteiger partial charge in [0.15, 0.2) is 5.60 Å². The Balaban J connectivity index is 1.22. The molecule has 0 aromatic heterocycles. The van der Waals surface area contributed by atoms with Gasteiger partial charge in [-0.3, -0.25) is 4.90 Å². The number of nitrogens with zero attached hydrogens (tertiary/aromatic N) is 2. The zero-order valence-electron chi connectivity index (χ0n) is 28.7. The zero-order chi connectivity index (χ0) is 34.1. The van der Waals surface area contributed by atoms with Crippen molar-refractivity contribution in [1.82, 2.24) is 4.90 Å². The average Bonchev–Trinajstić information content (AvgIpc) is 3.78. The molecule has 5 heteroatoms. The lowest BCUT2D eigenvalue weighted by Crippen LogP contribution is -2.57. The van der Waals surface area contributed by atoms with Crippen molar-refractivity contribution in [3.8, 4) is 5.75 Å². The monoisotopic (exact) mass is 653 g/mol. The van der Waals surface area contributed by atoms with Gasteiger partial charge in [-0.2, -0.15) is 0 Å². The summed E-state index contributed by atoms with van der Waals surface area (Å²) in [7, 11) is 2.24. The van der Waals surface area contributed by atoms with Crippen LogP contribution in [0.5, 0.6) is 5.75 Å². The van der Waals surface area contributed by atoms with Crippen molar-refractivity contribution in [3.63, 3.8) is 0 Å². The lowest BCUT2D eigenvalue weighted by molar-refractivity contribution is -0.940. The maximum Gasteiger partial charge on any atom is 0.166 e. The van der Waals surface area contributed by atoms with Crippen LogP contribution in [-0.2, 0) is 24.3 Å². The van der Waals surface area contributed by atoms with Crippen LogP contribution in [0, 0.1) is 6.92 Å². The van der Waals surface area contributed by atoms with Gasteiger partial charge < -0.3 is 19.8 Å². The highest BCUT2D eigenvalue weighted by Crippen LogP contribution is 2.46. The van der Waals surface area contributed by atoms with Crippen molar-refractivity contribution in [2.75, 3.05) is 20.1 Å². The van der Waals surface area contributed by atoms with E-state index >= 15 is 0 Å². The van der Waals surface area contributed by atoms with Crippen LogP contribution in [0.2, 0.25) is 0 Å². The van der Waals surface area contributed by atoms with Crippen LogP contribution in [0.15, 0.2) is 133 Å². The zero-order valence-corrected chi connectivity index (χ0v) is 28.7. The fourth-order valence-corrected chi connectivity index (χ4v) is 9.11. The normalized spacial score (nSPS) is 21.6. The van der Waals surface area contributed by atoms with Crippen molar-refractivity contribution in [1.29, 1.82) is 0 Å². The predicted molar refractivity (Wildman–Crippen MR) is 196 cm³/mol. The highest BCUT2D eigenvalue weighted by molar-refractivity contribution is 5.45. The Morgan fingerprint density at radius 3 is 1.63 bits per heavy atom. The summed E-state index contributed by atoms with van der Waals surface area (Å²) in [4.78, 5) is 2.36. The third-order valence-corrected chi connectivity index (χ3v) is 11.4. The summed E-state index contributed by atoms with van der Waals surface area (Å²) in [5, 5.41) is 37.5. The second-order valence-electron chi connectivity index (χ2n) is 14.6. The summed E-state index contributed by atoms with van der Waals surface area (Å²) in [6.45, 7) is 4.99. The molecule has 2 aliphatic rings. The molecule has 2 unspecified atom stereocenters. The van der Waals surface area contributed by atoms with Crippen LogP contribution in [0.3, 0.4) is 0 Å². The Kier molecular flexibility index (Phi) is 9.21. The third kappa shape index (κ3) is 6.10. The smallest absolute Gasteiger partial charge is 0.166 e. The Labute approximate surface area is 291 Å². The van der Waals surface area contributed by atoms with Crippen LogP contribution in [-0.4, -0.2) is 56.9 Å². The van der Waals surface area contributed by atoms with Gasteiger partial charge in [-0.15, -0.1) is 0 Å². The van der Waals surface area contributed by atoms with E-state index in [0.717, 1.165) is 77.7 Å². The van der Waals surface area contributed by atoms with E-state index in [2.05, 4.69) is 31.0 Å². The minimum Gasteiger partial charge on any atom is -0.507 e. The maximum atomic E-state index is 12.8. The molecule has 0 spiro atoms. The van der Waals surface area contributed by atoms with Gasteiger partial charge in [0.05, 0.1) is 13.6 Å². The summed E-state index contributed by atoms with van der Waals surface area (Å²) >= 11 is 0. The highest BCUT2D eigenvalue weighted by atomic mass is 16.3. The minimum atomic E-state index is -1.19. The Bertz CT molecular complexity index is 1770. The van der Waals surface area contributed by atoms with Crippen molar-refractivity contribution < 1.29 is 19.8 Å². The quantitative estimate of drug-likeness (QED) is 0.136. The molecule has 0 amide bonds. The number of aromatic hydroxyl groups is 1. The van der Waals surface area contributed by atoms with Crippen molar-refractivity contribution in [2.45, 2.75) is 69.0 Å². The molecule has 5 aromatic carbocycles. The van der Waals surface area contributed by atoms with Crippen LogP contribution in [0.25, 0.3) is 0 Å². The van der Waals surface area contributed by atoms with Crippen LogP contribution < -0.4 is 0 Å². The van der Waals surface area contributed by atoms with Crippen molar-refractivity contribution >= 4 is 0 Å². The number of hydrogen-bond acceptors (Lipinski definition) is 4. The fraction of sp³-hybridized carbons (Fsp3) is 0.318. The van der Waals surface area contributed by atoms with Gasteiger partial charge in [-0.05, 0) is 54.6 Å². The molecule has 0 radical (unpaired) electrons. The number of quaternary nitrogens is 1. The standard InChI is InChI=1S/C44H48N2O3/c1-33-29-34(31-45-27-15-25-40(45)43(48,36-17-7-3-8-18-36)37-19-9-4-10-20-37)42(47)35(30-33)32-46(2)28-16-26-41(46)44(49,38-21-11-5-12-22-38)39-23-13-6-14-24-39/h3-14,17-24,29-30,40-41,48-49H,15-16,25-28,31-32H2,1-2H3/p+1/t40?,41?,46-/m0/s1. The van der Waals surface area contributed by atoms with Gasteiger partial charge in [0.2, 0.25) is 0 Å². The summed E-state index contributed by atoms with van der Waals surface area (Å²) in [6.07, 6.45) is 3.70. The number of phenolic OH excluding ortho intramolecular Hbond substituents is 1. The van der Waals surface area contributed by atoms with E-state index in [9.17, 15) is 15.3 Å². The number of likely N-dealkylation sites (tertiary alicyclic amines) is 2. The Morgan fingerprint density at radius 1 is 0.653 bits per heavy atom. The Morgan fingerprint density at radius 2 is 1.12 bits per heavy atom. The van der Waals surface area contributed by atoms with E-state index in [4.69, 9.17) is 0 Å².